The molecule has 0 spiro atoms. The van der Waals surface area contributed by atoms with E-state index in [9.17, 15) is 13.2 Å². The fraction of sp³-hybridized carbons (Fsp3) is 0.455. The highest BCUT2D eigenvalue weighted by atomic mass is 19.3. The lowest BCUT2D eigenvalue weighted by Crippen LogP contribution is -2.46. The summed E-state index contributed by atoms with van der Waals surface area (Å²) in [6.07, 6.45) is -1.22. The van der Waals surface area contributed by atoms with Gasteiger partial charge in [0.05, 0.1) is 18.7 Å². The fourth-order valence-electron chi connectivity index (χ4n) is 4.32. The van der Waals surface area contributed by atoms with Gasteiger partial charge in [0.25, 0.3) is 6.43 Å². The zero-order chi connectivity index (χ0) is 24.0. The number of halogens is 3. The van der Waals surface area contributed by atoms with Gasteiger partial charge >= 0.3 is 0 Å². The van der Waals surface area contributed by atoms with Gasteiger partial charge in [-0.05, 0) is 44.2 Å². The standard InChI is InChI=1S/C22H25F3N8O/c1-12(20(24)25)33-18-10-13(4-5-17(18)28-30-33)14-6-9-32-19(14)21(34-3)27-22(29-32)26-16-7-8-31(2)11-15(16)23/h4-6,9-10,12,15-16,20H,7-8,11H2,1-3H3,(H,26,29)/t12-,15-,16+/m1/s1. The lowest BCUT2D eigenvalue weighted by atomic mass is 10.0. The van der Waals surface area contributed by atoms with Gasteiger partial charge in [-0.25, -0.2) is 22.4 Å². The number of nitrogens with one attached hydrogen (secondary N) is 1. The van der Waals surface area contributed by atoms with Gasteiger partial charge in [0.2, 0.25) is 11.8 Å². The molecule has 3 atom stereocenters. The Labute approximate surface area is 193 Å². The first-order valence-electron chi connectivity index (χ1n) is 11.0. The first kappa shape index (κ1) is 22.4. The molecule has 0 saturated carbocycles. The zero-order valence-electron chi connectivity index (χ0n) is 19.0. The van der Waals surface area contributed by atoms with Gasteiger partial charge in [0.1, 0.15) is 23.2 Å². The van der Waals surface area contributed by atoms with Gasteiger partial charge in [-0.3, -0.25) is 0 Å². The number of benzene rings is 1. The fourth-order valence-corrected chi connectivity index (χ4v) is 4.32. The number of anilines is 1. The first-order valence-corrected chi connectivity index (χ1v) is 11.0. The van der Waals surface area contributed by atoms with E-state index in [0.29, 0.717) is 35.4 Å². The largest absolute Gasteiger partial charge is 0.479 e. The van der Waals surface area contributed by atoms with E-state index in [-0.39, 0.29) is 12.0 Å². The van der Waals surface area contributed by atoms with Crippen LogP contribution in [0.4, 0.5) is 19.1 Å². The number of methoxy groups -OCH3 is 1. The summed E-state index contributed by atoms with van der Waals surface area (Å²) in [5.74, 6) is 0.584. The van der Waals surface area contributed by atoms with Crippen LogP contribution < -0.4 is 10.1 Å². The summed E-state index contributed by atoms with van der Waals surface area (Å²) in [4.78, 5) is 6.42. The van der Waals surface area contributed by atoms with Crippen LogP contribution in [0.25, 0.3) is 27.7 Å². The van der Waals surface area contributed by atoms with Gasteiger partial charge in [-0.15, -0.1) is 10.2 Å². The minimum Gasteiger partial charge on any atom is -0.479 e. The number of piperidine rings is 1. The lowest BCUT2D eigenvalue weighted by Gasteiger charge is -2.32. The molecule has 1 aliphatic rings. The molecule has 4 aromatic rings. The maximum atomic E-state index is 14.5. The highest BCUT2D eigenvalue weighted by Gasteiger charge is 2.28. The van der Waals surface area contributed by atoms with Crippen LogP contribution in [0, 0.1) is 0 Å². The van der Waals surface area contributed by atoms with Crippen molar-refractivity contribution in [3.05, 3.63) is 30.5 Å². The van der Waals surface area contributed by atoms with Crippen LogP contribution in [-0.4, -0.2) is 80.4 Å². The monoisotopic (exact) mass is 474 g/mol. The molecule has 34 heavy (non-hydrogen) atoms. The predicted molar refractivity (Wildman–Crippen MR) is 121 cm³/mol. The van der Waals surface area contributed by atoms with Gasteiger partial charge < -0.3 is 15.0 Å². The highest BCUT2D eigenvalue weighted by Crippen LogP contribution is 2.33. The second-order valence-corrected chi connectivity index (χ2v) is 8.60. The maximum Gasteiger partial charge on any atom is 0.260 e. The summed E-state index contributed by atoms with van der Waals surface area (Å²) < 4.78 is 49.5. The Morgan fingerprint density at radius 3 is 2.79 bits per heavy atom. The van der Waals surface area contributed by atoms with Crippen molar-refractivity contribution < 1.29 is 17.9 Å². The number of nitrogens with zero attached hydrogens (tertiary/aromatic N) is 7. The molecule has 0 radical (unpaired) electrons. The second kappa shape index (κ2) is 8.75. The number of hydrogen-bond donors (Lipinski definition) is 1. The number of alkyl halides is 3. The normalized spacial score (nSPS) is 20.3. The summed E-state index contributed by atoms with van der Waals surface area (Å²) >= 11 is 0. The quantitative estimate of drug-likeness (QED) is 0.458. The number of rotatable bonds is 6. The van der Waals surface area contributed by atoms with Crippen LogP contribution in [0.1, 0.15) is 19.4 Å². The smallest absolute Gasteiger partial charge is 0.260 e. The van der Waals surface area contributed by atoms with Gasteiger partial charge in [-0.2, -0.15) is 4.98 Å². The Balaban J connectivity index is 1.52. The third-order valence-corrected chi connectivity index (χ3v) is 6.26. The van der Waals surface area contributed by atoms with Crippen LogP contribution in [0.2, 0.25) is 0 Å². The number of ether oxygens (including phenoxy) is 1. The van der Waals surface area contributed by atoms with Crippen LogP contribution in [-0.2, 0) is 0 Å². The second-order valence-electron chi connectivity index (χ2n) is 8.60. The average Bonchev–Trinajstić information content (AvgIpc) is 3.43. The van der Waals surface area contributed by atoms with E-state index in [4.69, 9.17) is 4.74 Å². The summed E-state index contributed by atoms with van der Waals surface area (Å²) in [6, 6.07) is 5.68. The molecule has 1 N–H and O–H groups in total. The average molecular weight is 474 g/mol. The molecule has 0 unspecified atom stereocenters. The Morgan fingerprint density at radius 1 is 1.24 bits per heavy atom. The molecule has 1 saturated heterocycles. The molecule has 1 fully saturated rings. The van der Waals surface area contributed by atoms with Gasteiger partial charge in [0, 0.05) is 24.8 Å². The van der Waals surface area contributed by atoms with Crippen LogP contribution in [0.15, 0.2) is 30.5 Å². The summed E-state index contributed by atoms with van der Waals surface area (Å²) in [5.41, 5.74) is 3.13. The molecular formula is C22H25F3N8O. The predicted octanol–water partition coefficient (Wildman–Crippen LogP) is 3.43. The van der Waals surface area contributed by atoms with Crippen molar-refractivity contribution in [3.63, 3.8) is 0 Å². The van der Waals surface area contributed by atoms with Crippen molar-refractivity contribution in [2.45, 2.75) is 38.0 Å². The van der Waals surface area contributed by atoms with Crippen molar-refractivity contribution in [1.29, 1.82) is 0 Å². The Bertz CT molecular complexity index is 1320. The van der Waals surface area contributed by atoms with E-state index in [2.05, 4.69) is 25.7 Å². The molecule has 3 aromatic heterocycles. The zero-order valence-corrected chi connectivity index (χ0v) is 19.0. The Morgan fingerprint density at radius 2 is 2.06 bits per heavy atom. The molecule has 1 aliphatic heterocycles. The molecule has 9 nitrogen and oxygen atoms in total. The van der Waals surface area contributed by atoms with E-state index in [0.717, 1.165) is 17.7 Å². The molecule has 1 aromatic carbocycles. The first-order chi connectivity index (χ1) is 16.4. The number of likely N-dealkylation sites (tertiary alicyclic amines) is 1. The minimum atomic E-state index is -2.57. The molecular weight excluding hydrogens is 449 g/mol. The molecule has 4 heterocycles. The Kier molecular flexibility index (Phi) is 5.76. The van der Waals surface area contributed by atoms with Gasteiger partial charge in [0.15, 0.2) is 0 Å². The summed E-state index contributed by atoms with van der Waals surface area (Å²) in [6.45, 7) is 2.53. The highest BCUT2D eigenvalue weighted by molar-refractivity contribution is 5.89. The number of hydrogen-bond acceptors (Lipinski definition) is 7. The maximum absolute atomic E-state index is 14.5. The molecule has 5 rings (SSSR count). The number of fused-ring (bicyclic) bond motifs is 2. The SMILES string of the molecule is COc1nc(N[C@H]2CCN(C)C[C@H]2F)nn2ccc(-c3ccc4nnn([C@H](C)C(F)F)c4c3)c12. The molecule has 0 bridgehead atoms. The number of aromatic nitrogens is 6. The van der Waals surface area contributed by atoms with E-state index in [1.807, 2.05) is 24.1 Å². The molecule has 12 heteroatoms. The van der Waals surface area contributed by atoms with Crippen LogP contribution in [0.3, 0.4) is 0 Å². The molecule has 0 aliphatic carbocycles. The third kappa shape index (κ3) is 3.91. The summed E-state index contributed by atoms with van der Waals surface area (Å²) in [7, 11) is 3.40. The van der Waals surface area contributed by atoms with Gasteiger partial charge in [-0.1, -0.05) is 11.3 Å². The van der Waals surface area contributed by atoms with Crippen LogP contribution in [0.5, 0.6) is 5.88 Å². The van der Waals surface area contributed by atoms with E-state index >= 15 is 0 Å². The van der Waals surface area contributed by atoms with Crippen molar-refractivity contribution in [2.75, 3.05) is 32.6 Å². The summed E-state index contributed by atoms with van der Waals surface area (Å²) in [5, 5.41) is 15.5. The van der Waals surface area contributed by atoms with Crippen molar-refractivity contribution in [2.24, 2.45) is 0 Å². The van der Waals surface area contributed by atoms with E-state index in [1.54, 1.807) is 22.8 Å². The Hall–Kier alpha value is -3.41. The van der Waals surface area contributed by atoms with Crippen molar-refractivity contribution in [3.8, 4) is 17.0 Å². The minimum absolute atomic E-state index is 0.271. The third-order valence-electron chi connectivity index (χ3n) is 6.26. The molecule has 0 amide bonds. The van der Waals surface area contributed by atoms with Crippen molar-refractivity contribution in [1.82, 2.24) is 34.5 Å². The van der Waals surface area contributed by atoms with Crippen molar-refractivity contribution >= 4 is 22.5 Å². The van der Waals surface area contributed by atoms with Crippen LogP contribution >= 0.6 is 0 Å². The topological polar surface area (TPSA) is 85.4 Å². The lowest BCUT2D eigenvalue weighted by molar-refractivity contribution is 0.0866. The van der Waals surface area contributed by atoms with E-state index in [1.165, 1.54) is 18.7 Å². The molecule has 180 valence electrons. The van der Waals surface area contributed by atoms with E-state index < -0.39 is 18.6 Å².